The van der Waals surface area contributed by atoms with Crippen molar-refractivity contribution in [1.82, 2.24) is 9.97 Å². The molecule has 0 aliphatic carbocycles. The van der Waals surface area contributed by atoms with Crippen LogP contribution in [0.4, 0.5) is 0 Å². The molecule has 0 aliphatic rings. The predicted octanol–water partition coefficient (Wildman–Crippen LogP) is 2.63. The fraction of sp³-hybridized carbons (Fsp3) is 0.500. The molecule has 0 fully saturated rings. The van der Waals surface area contributed by atoms with E-state index in [1.54, 1.807) is 12.4 Å². The van der Waals surface area contributed by atoms with Gasteiger partial charge in [0.1, 0.15) is 0 Å². The Balaban J connectivity index is 0. The molecule has 2 nitrogen and oxygen atoms in total. The van der Waals surface area contributed by atoms with E-state index >= 15 is 0 Å². The minimum atomic E-state index is 0. The van der Waals surface area contributed by atoms with E-state index < -0.39 is 0 Å². The third-order valence-corrected chi connectivity index (χ3v) is 1.12. The maximum absolute atomic E-state index is 3.99. The average molecular weight is 348 g/mol. The van der Waals surface area contributed by atoms with Gasteiger partial charge >= 0.3 is 21.1 Å². The van der Waals surface area contributed by atoms with E-state index in [4.69, 9.17) is 0 Å². The molecule has 0 amide bonds. The van der Waals surface area contributed by atoms with Crippen molar-refractivity contribution in [2.45, 2.75) is 33.6 Å². The molecule has 72 valence electrons. The summed E-state index contributed by atoms with van der Waals surface area (Å²) in [4.78, 5) is 7.88. The molecule has 0 saturated heterocycles. The van der Waals surface area contributed by atoms with Crippen LogP contribution in [0.5, 0.6) is 0 Å². The summed E-state index contributed by atoms with van der Waals surface area (Å²) in [5, 5.41) is 0. The molecule has 3 heteroatoms. The molecule has 0 atom stereocenters. The van der Waals surface area contributed by atoms with Crippen LogP contribution in [0.15, 0.2) is 12.4 Å². The van der Waals surface area contributed by atoms with Gasteiger partial charge in [0.2, 0.25) is 0 Å². The molecule has 0 spiro atoms. The molecular weight excluding hydrogens is 332 g/mol. The van der Waals surface area contributed by atoms with E-state index in [1.165, 1.54) is 0 Å². The van der Waals surface area contributed by atoms with Gasteiger partial charge in [-0.2, -0.15) is 13.8 Å². The molecule has 0 N–H and O–H groups in total. The Bertz CT molecular complexity index is 187. The first-order chi connectivity index (χ1) is 5.72. The second kappa shape index (κ2) is 9.85. The first kappa shape index (κ1) is 15.2. The van der Waals surface area contributed by atoms with Crippen molar-refractivity contribution in [3.8, 4) is 0 Å². The zero-order valence-corrected chi connectivity index (χ0v) is 11.5. The number of rotatable bonds is 1. The van der Waals surface area contributed by atoms with E-state index in [-0.39, 0.29) is 21.1 Å². The van der Waals surface area contributed by atoms with Crippen LogP contribution in [0.2, 0.25) is 0 Å². The molecule has 13 heavy (non-hydrogen) atoms. The summed E-state index contributed by atoms with van der Waals surface area (Å²) in [7, 11) is 0. The second-order valence-corrected chi connectivity index (χ2v) is 2.81. The van der Waals surface area contributed by atoms with Gasteiger partial charge in [0.25, 0.3) is 0 Å². The Kier molecular flexibility index (Phi) is 11.6. The van der Waals surface area contributed by atoms with Crippen LogP contribution in [-0.4, -0.2) is 9.97 Å². The molecule has 0 radical (unpaired) electrons. The van der Waals surface area contributed by atoms with Crippen molar-refractivity contribution < 1.29 is 21.1 Å². The molecule has 1 aromatic heterocycles. The van der Waals surface area contributed by atoms with Gasteiger partial charge in [-0.3, -0.25) is 0 Å². The van der Waals surface area contributed by atoms with E-state index in [9.17, 15) is 0 Å². The second-order valence-electron chi connectivity index (χ2n) is 2.81. The quantitative estimate of drug-likeness (QED) is 0.730. The predicted molar refractivity (Wildman–Crippen MR) is 50.6 cm³/mol. The number of aromatic nitrogens is 2. The fourth-order valence-corrected chi connectivity index (χ4v) is 0.557. The number of hydrogen-bond acceptors (Lipinski definition) is 2. The topological polar surface area (TPSA) is 25.8 Å². The number of hydrogen-bond donors (Lipinski definition) is 0. The molecule has 0 saturated carbocycles. The monoisotopic (exact) mass is 348 g/mol. The summed E-state index contributed by atoms with van der Waals surface area (Å²) in [5.41, 5.74) is 0.998. The normalized spacial score (nSPS) is 8.38. The zero-order valence-electron chi connectivity index (χ0n) is 8.61. The van der Waals surface area contributed by atoms with Crippen LogP contribution in [0.1, 0.15) is 39.3 Å². The van der Waals surface area contributed by atoms with Gasteiger partial charge in [0, 0.05) is 0 Å². The van der Waals surface area contributed by atoms with Gasteiger partial charge < -0.3 is 16.4 Å². The van der Waals surface area contributed by atoms with Crippen molar-refractivity contribution in [3.63, 3.8) is 0 Å². The Morgan fingerprint density at radius 3 is 2.15 bits per heavy atom. The largest absolute Gasteiger partial charge is 2.00 e. The van der Waals surface area contributed by atoms with Gasteiger partial charge in [-0.25, -0.2) is 0 Å². The Hall–Kier alpha value is -0.232. The average Bonchev–Trinajstić information content (AvgIpc) is 2.07. The molecule has 1 aromatic rings. The SMILES string of the molecule is CC(C)c1cnc[c-]n1.C[CH-]C.[W+2]. The summed E-state index contributed by atoms with van der Waals surface area (Å²) in [6, 6.07) is 0. The van der Waals surface area contributed by atoms with Crippen LogP contribution in [0, 0.1) is 12.6 Å². The molecule has 0 aliphatic heterocycles. The van der Waals surface area contributed by atoms with Gasteiger partial charge in [-0.1, -0.05) is 25.5 Å². The van der Waals surface area contributed by atoms with Crippen molar-refractivity contribution in [2.24, 2.45) is 0 Å². The van der Waals surface area contributed by atoms with Crippen LogP contribution in [0.3, 0.4) is 0 Å². The molecule has 0 aromatic carbocycles. The minimum absolute atomic E-state index is 0. The van der Waals surface area contributed by atoms with Crippen molar-refractivity contribution in [1.29, 1.82) is 0 Å². The Morgan fingerprint density at radius 1 is 1.38 bits per heavy atom. The molecule has 0 unspecified atom stereocenters. The summed E-state index contributed by atoms with van der Waals surface area (Å²) >= 11 is 0. The van der Waals surface area contributed by atoms with Crippen molar-refractivity contribution in [3.05, 3.63) is 30.7 Å². The van der Waals surface area contributed by atoms with Crippen LogP contribution < -0.4 is 0 Å². The van der Waals surface area contributed by atoms with Crippen molar-refractivity contribution in [2.75, 3.05) is 0 Å². The van der Waals surface area contributed by atoms with Crippen molar-refractivity contribution >= 4 is 0 Å². The molecule has 1 heterocycles. The summed E-state index contributed by atoms with van der Waals surface area (Å²) in [5.74, 6) is 0.454. The standard InChI is InChI=1S/C7H9N2.C3H7.W/c1-6(2)7-5-8-3-4-9-7;1-3-2;/h3,5-6H,1-2H3;3H,1-2H3;/q2*-1;+2. The van der Waals surface area contributed by atoms with E-state index in [2.05, 4.69) is 30.0 Å². The van der Waals surface area contributed by atoms with Crippen LogP contribution in [-0.2, 0) is 21.1 Å². The first-order valence-corrected chi connectivity index (χ1v) is 4.14. The first-order valence-electron chi connectivity index (χ1n) is 4.14. The molecule has 1 rings (SSSR count). The number of nitrogens with zero attached hydrogens (tertiary/aromatic N) is 2. The van der Waals surface area contributed by atoms with E-state index in [0.29, 0.717) is 5.92 Å². The zero-order chi connectivity index (χ0) is 9.40. The fourth-order valence-electron chi connectivity index (χ4n) is 0.557. The third-order valence-electron chi connectivity index (χ3n) is 1.12. The Labute approximate surface area is 95.5 Å². The van der Waals surface area contributed by atoms with Crippen LogP contribution >= 0.6 is 0 Å². The maximum atomic E-state index is 3.99. The summed E-state index contributed by atoms with van der Waals surface area (Å²) in [6.07, 6.45) is 8.01. The smallest absolute Gasteiger partial charge is 0.453 e. The Morgan fingerprint density at radius 2 is 1.92 bits per heavy atom. The van der Waals surface area contributed by atoms with Crippen LogP contribution in [0.25, 0.3) is 0 Å². The molecule has 0 bridgehead atoms. The van der Waals surface area contributed by atoms with Gasteiger partial charge in [-0.15, -0.1) is 6.20 Å². The summed E-state index contributed by atoms with van der Waals surface area (Å²) in [6.45, 7) is 8.16. The molecular formula is C10H16N2W. The van der Waals surface area contributed by atoms with Gasteiger partial charge in [-0.05, 0) is 12.4 Å². The van der Waals surface area contributed by atoms with Gasteiger partial charge in [0.15, 0.2) is 0 Å². The minimum Gasteiger partial charge on any atom is -0.453 e. The third kappa shape index (κ3) is 8.11. The summed E-state index contributed by atoms with van der Waals surface area (Å²) < 4.78 is 0. The van der Waals surface area contributed by atoms with E-state index in [0.717, 1.165) is 5.69 Å². The maximum Gasteiger partial charge on any atom is 2.00 e. The van der Waals surface area contributed by atoms with E-state index in [1.807, 2.05) is 20.3 Å². The van der Waals surface area contributed by atoms with Gasteiger partial charge in [0.05, 0.1) is 0 Å².